The van der Waals surface area contributed by atoms with E-state index >= 15 is 0 Å². The van der Waals surface area contributed by atoms with Crippen molar-refractivity contribution in [2.75, 3.05) is 13.2 Å². The maximum absolute atomic E-state index is 13.0. The molecule has 2 rings (SSSR count). The van der Waals surface area contributed by atoms with Crippen molar-refractivity contribution in [1.29, 1.82) is 0 Å². The molecule has 1 saturated carbocycles. The van der Waals surface area contributed by atoms with Gasteiger partial charge >= 0.3 is 27.6 Å². The summed E-state index contributed by atoms with van der Waals surface area (Å²) in [6.07, 6.45) is 22.4. The van der Waals surface area contributed by atoms with Crippen LogP contribution in [0.1, 0.15) is 155 Å². The summed E-state index contributed by atoms with van der Waals surface area (Å²) in [4.78, 5) is 54.2. The average Bonchev–Trinajstić information content (AvgIpc) is 4.00. The second-order valence-corrected chi connectivity index (χ2v) is 19.1. The summed E-state index contributed by atoms with van der Waals surface area (Å²) < 4.78 is 55.0. The highest BCUT2D eigenvalue weighted by Crippen LogP contribution is 2.49. The topological polar surface area (TPSA) is 269 Å². The van der Waals surface area contributed by atoms with E-state index in [9.17, 15) is 44.0 Å². The molecular weight excluding hydrogens is 874 g/mol. The molecule has 1 heterocycles. The van der Waals surface area contributed by atoms with E-state index in [4.69, 9.17) is 33.0 Å². The van der Waals surface area contributed by atoms with Crippen molar-refractivity contribution in [1.82, 2.24) is 0 Å². The molecule has 0 aromatic rings. The van der Waals surface area contributed by atoms with Gasteiger partial charge in [0.05, 0.1) is 18.8 Å². The molecule has 0 bridgehead atoms. The predicted molar refractivity (Wildman–Crippen MR) is 241 cm³/mol. The highest BCUT2D eigenvalue weighted by Gasteiger charge is 2.54. The van der Waals surface area contributed by atoms with Gasteiger partial charge in [0.1, 0.15) is 43.2 Å². The number of hydrogen-bond donors (Lipinski definition) is 7. The van der Waals surface area contributed by atoms with Crippen LogP contribution < -0.4 is 0 Å². The number of phosphoric ester groups is 2. The molecular formula is C45H78O17P2. The number of rotatable bonds is 37. The zero-order valence-electron chi connectivity index (χ0n) is 37.9. The van der Waals surface area contributed by atoms with E-state index in [-0.39, 0.29) is 12.8 Å². The van der Waals surface area contributed by atoms with Gasteiger partial charge in [-0.1, -0.05) is 114 Å². The van der Waals surface area contributed by atoms with E-state index in [0.29, 0.717) is 25.0 Å². The van der Waals surface area contributed by atoms with Crippen molar-refractivity contribution in [3.8, 4) is 0 Å². The van der Waals surface area contributed by atoms with Crippen molar-refractivity contribution in [2.24, 2.45) is 0 Å². The number of esters is 2. The Bertz CT molecular complexity index is 1500. The van der Waals surface area contributed by atoms with Gasteiger partial charge in [-0.3, -0.25) is 23.2 Å². The van der Waals surface area contributed by atoms with Gasteiger partial charge in [-0.25, -0.2) is 9.13 Å². The molecule has 1 aliphatic heterocycles. The lowest BCUT2D eigenvalue weighted by Crippen LogP contribution is -2.64. The van der Waals surface area contributed by atoms with Crippen LogP contribution in [0.15, 0.2) is 48.6 Å². The number of phosphoric acid groups is 2. The maximum atomic E-state index is 13.0. The number of carbonyl (C=O) groups is 2. The first-order valence-electron chi connectivity index (χ1n) is 23.3. The molecule has 7 N–H and O–H groups in total. The molecule has 19 heteroatoms. The van der Waals surface area contributed by atoms with Crippen LogP contribution in [0.5, 0.6) is 0 Å². The summed E-state index contributed by atoms with van der Waals surface area (Å²) in [6, 6.07) is 0. The van der Waals surface area contributed by atoms with Gasteiger partial charge in [-0.2, -0.15) is 0 Å². The number of allylic oxidation sites excluding steroid dienone is 7. The van der Waals surface area contributed by atoms with Crippen LogP contribution in [0, 0.1) is 0 Å². The molecule has 1 saturated heterocycles. The van der Waals surface area contributed by atoms with Crippen LogP contribution in [0.3, 0.4) is 0 Å². The maximum Gasteiger partial charge on any atom is 0.472 e. The molecule has 0 aromatic carbocycles. The van der Waals surface area contributed by atoms with Crippen molar-refractivity contribution in [2.45, 2.75) is 210 Å². The Morgan fingerprint density at radius 2 is 1.09 bits per heavy atom. The monoisotopic (exact) mass is 952 g/mol. The third kappa shape index (κ3) is 26.9. The van der Waals surface area contributed by atoms with Gasteiger partial charge in [0.2, 0.25) is 0 Å². The van der Waals surface area contributed by atoms with E-state index in [1.165, 1.54) is 38.5 Å². The van der Waals surface area contributed by atoms with Crippen LogP contribution >= 0.6 is 15.6 Å². The molecule has 2 aliphatic rings. The van der Waals surface area contributed by atoms with Crippen molar-refractivity contribution in [3.63, 3.8) is 0 Å². The Kier molecular flexibility index (Phi) is 30.3. The quantitative estimate of drug-likeness (QED) is 0.0104. The number of aliphatic hydroxyl groups is 4. The number of hydrogen-bond acceptors (Lipinski definition) is 14. The zero-order valence-corrected chi connectivity index (χ0v) is 39.7. The second kappa shape index (κ2) is 33.4. The first kappa shape index (κ1) is 58.0. The molecule has 7 unspecified atom stereocenters. The molecule has 2 fully saturated rings. The van der Waals surface area contributed by atoms with Gasteiger partial charge in [0.15, 0.2) is 6.10 Å². The fraction of sp³-hybridized carbons (Fsp3) is 0.778. The number of aliphatic hydroxyl groups excluding tert-OH is 4. The number of epoxide rings is 1. The number of carbonyl (C=O) groups excluding carboxylic acids is 2. The van der Waals surface area contributed by atoms with Crippen LogP contribution in [-0.4, -0.2) is 115 Å². The van der Waals surface area contributed by atoms with Crippen LogP contribution in [-0.2, 0) is 46.5 Å². The molecule has 17 nitrogen and oxygen atoms in total. The van der Waals surface area contributed by atoms with E-state index in [0.717, 1.165) is 77.0 Å². The largest absolute Gasteiger partial charge is 0.472 e. The summed E-state index contributed by atoms with van der Waals surface area (Å²) in [6.45, 7) is 2.99. The minimum Gasteiger partial charge on any atom is -0.462 e. The van der Waals surface area contributed by atoms with Crippen LogP contribution in [0.4, 0.5) is 0 Å². The van der Waals surface area contributed by atoms with Crippen molar-refractivity contribution in [3.05, 3.63) is 48.6 Å². The Morgan fingerprint density at radius 3 is 1.73 bits per heavy atom. The molecule has 1 aliphatic carbocycles. The minimum atomic E-state index is -5.37. The highest BCUT2D eigenvalue weighted by atomic mass is 31.2. The van der Waals surface area contributed by atoms with E-state index < -0.39 is 83.5 Å². The summed E-state index contributed by atoms with van der Waals surface area (Å²) >= 11 is 0. The first-order chi connectivity index (χ1) is 30.6. The summed E-state index contributed by atoms with van der Waals surface area (Å²) in [5, 5.41) is 41.2. The van der Waals surface area contributed by atoms with E-state index in [1.54, 1.807) is 0 Å². The van der Waals surface area contributed by atoms with Crippen molar-refractivity contribution >= 4 is 27.6 Å². The van der Waals surface area contributed by atoms with Crippen molar-refractivity contribution < 1.29 is 81.6 Å². The standard InChI is InChI=1S/C45H78O17P2/c1-3-5-7-8-9-10-11-12-13-14-15-16-20-23-27-31-38(46)57-33-35(34-58-64(55,56)62-45-42(50)40(48)41(49)44(43(45)51)61-63(52,53)54)59-39(47)32-28-24-21-18-17-19-22-26-30-37-36(60-37)29-25-6-4-2/h9-10,12-13,15-16,22,26,35-37,40-45,48-51H,3-8,11,14,17-21,23-25,27-34H2,1-2H3,(H,55,56)(H2,52,53,54)/b10-9-,13-12-,16-15-,26-22-/t35-,36?,37?,40?,41?,42?,43?,44-,45+/m1/s1. The van der Waals surface area contributed by atoms with Gasteiger partial charge in [0.25, 0.3) is 0 Å². The zero-order chi connectivity index (χ0) is 47.2. The minimum absolute atomic E-state index is 0.0135. The highest BCUT2D eigenvalue weighted by molar-refractivity contribution is 7.47. The van der Waals surface area contributed by atoms with Gasteiger partial charge in [-0.15, -0.1) is 0 Å². The van der Waals surface area contributed by atoms with E-state index in [1.807, 2.05) is 6.08 Å². The normalized spacial score (nSPS) is 25.4. The van der Waals surface area contributed by atoms with E-state index in [2.05, 4.69) is 60.9 Å². The molecule has 0 radical (unpaired) electrons. The summed E-state index contributed by atoms with van der Waals surface area (Å²) in [5.41, 5.74) is 0. The SMILES string of the molecule is CCCCC/C=C\C/C=C\C/C=C\CCCCC(=O)OC[C@H](COP(=O)(O)O[C@H]1C(O)C(O)C(O)[C@@H](OP(=O)(O)O)C1O)OC(=O)CCCCCCC/C=C\CC1OC1CCCCC. The van der Waals surface area contributed by atoms with Crippen LogP contribution in [0.25, 0.3) is 0 Å². The molecule has 0 aromatic heterocycles. The Hall–Kier alpha value is -2.08. The Labute approximate surface area is 380 Å². The second-order valence-electron chi connectivity index (χ2n) is 16.5. The Balaban J connectivity index is 1.82. The fourth-order valence-corrected chi connectivity index (χ4v) is 8.58. The lowest BCUT2D eigenvalue weighted by Gasteiger charge is -2.43. The van der Waals surface area contributed by atoms with Gasteiger partial charge in [-0.05, 0) is 77.0 Å². The summed E-state index contributed by atoms with van der Waals surface area (Å²) in [5.74, 6) is -1.27. The number of unbranched alkanes of at least 4 members (excludes halogenated alkanes) is 12. The third-order valence-electron chi connectivity index (χ3n) is 10.8. The van der Waals surface area contributed by atoms with Gasteiger partial charge < -0.3 is 49.3 Å². The molecule has 10 atom stereocenters. The predicted octanol–water partition coefficient (Wildman–Crippen LogP) is 7.49. The Morgan fingerprint density at radius 1 is 0.578 bits per heavy atom. The molecule has 0 amide bonds. The third-order valence-corrected chi connectivity index (χ3v) is 12.3. The molecule has 0 spiro atoms. The fourth-order valence-electron chi connectivity index (χ4n) is 7.04. The average molecular weight is 953 g/mol. The van der Waals surface area contributed by atoms with Crippen LogP contribution in [0.2, 0.25) is 0 Å². The van der Waals surface area contributed by atoms with Gasteiger partial charge in [0, 0.05) is 12.8 Å². The molecule has 370 valence electrons. The smallest absolute Gasteiger partial charge is 0.462 e. The lowest BCUT2D eigenvalue weighted by atomic mass is 9.85. The summed E-state index contributed by atoms with van der Waals surface area (Å²) in [7, 11) is -10.7. The molecule has 64 heavy (non-hydrogen) atoms. The first-order valence-corrected chi connectivity index (χ1v) is 26.3. The number of ether oxygens (including phenoxy) is 3. The lowest BCUT2D eigenvalue weighted by molar-refractivity contribution is -0.216.